The lowest BCUT2D eigenvalue weighted by Crippen LogP contribution is -2.10. The molecule has 0 amide bonds. The van der Waals surface area contributed by atoms with Gasteiger partial charge in [0.05, 0.1) is 18.3 Å². The number of hydrogen-bond donors (Lipinski definition) is 6. The number of carbonyl (C=O) groups is 1. The van der Waals surface area contributed by atoms with Gasteiger partial charge in [-0.3, -0.25) is 18.4 Å². The minimum absolute atomic E-state index is 0. The van der Waals surface area contributed by atoms with Gasteiger partial charge in [-0.25, -0.2) is 4.57 Å². The third kappa shape index (κ3) is 130. The number of carboxylic acid groups (broad SMARTS) is 1. The van der Waals surface area contributed by atoms with Gasteiger partial charge in [0.15, 0.2) is 0 Å². The van der Waals surface area contributed by atoms with Crippen LogP contribution in [0.25, 0.3) is 0 Å². The van der Waals surface area contributed by atoms with E-state index in [0.717, 1.165) is 12.8 Å². The summed E-state index contributed by atoms with van der Waals surface area (Å²) >= 11 is 0. The van der Waals surface area contributed by atoms with Crippen molar-refractivity contribution in [2.45, 2.75) is 122 Å². The van der Waals surface area contributed by atoms with E-state index in [4.69, 9.17) is 29.2 Å². The molecule has 0 atom stereocenters. The summed E-state index contributed by atoms with van der Waals surface area (Å²) < 4.78 is 50.2. The van der Waals surface area contributed by atoms with Gasteiger partial charge >= 0.3 is 21.4 Å². The molecule has 37 heavy (non-hydrogen) atoms. The second-order valence-electron chi connectivity index (χ2n) is 4.61. The van der Waals surface area contributed by atoms with Gasteiger partial charge in [0.1, 0.15) is 0 Å². The normalized spacial score (nSPS) is 8.19. The van der Waals surface area contributed by atoms with E-state index in [2.05, 4.69) is 4.52 Å². The molecular weight excluding hydrogens is 550 g/mol. The maximum Gasteiger partial charge on any atom is 0.469 e. The smallest absolute Gasteiger partial charge is 0.469 e. The van der Waals surface area contributed by atoms with Crippen molar-refractivity contribution in [2.24, 2.45) is 5.92 Å². The molecule has 0 saturated heterocycles. The van der Waals surface area contributed by atoms with Crippen molar-refractivity contribution in [1.82, 2.24) is 0 Å². The number of hydrogen-bond acceptors (Lipinski definition) is 6. The Morgan fingerprint density at radius 3 is 0.946 bits per heavy atom. The summed E-state index contributed by atoms with van der Waals surface area (Å²) in [5.41, 5.74) is 0. The fourth-order valence-electron chi connectivity index (χ4n) is 0.806. The Hall–Kier alpha value is -0.360. The van der Waals surface area contributed by atoms with Crippen LogP contribution in [0.5, 0.6) is 0 Å². The predicted octanol–water partition coefficient (Wildman–Crippen LogP) is 8.06. The van der Waals surface area contributed by atoms with Crippen molar-refractivity contribution in [3.05, 3.63) is 0 Å². The Morgan fingerprint density at radius 1 is 0.730 bits per heavy atom. The van der Waals surface area contributed by atoms with E-state index in [-0.39, 0.29) is 98.7 Å². The standard InChI is InChI=1S/C6H12O2.C2H7O4P.C2H7O3P.C2H6O3S.10CH4/c1-3-5(4-2)6(7)8;1-2-6-7(3,4)5;2*1-2-6(3,4)5;;;;;;;;;;/h5H,3-4H2,1-2H3,(H,7,8);2H2,1H3,(H2,3,4,5);2H2,1H3,(H2,3,4,5);2H2,1H3,(H,3,4,5);10*1H4. The minimum atomic E-state index is -4.17. The summed E-state index contributed by atoms with van der Waals surface area (Å²) in [5.74, 6) is -1.00. The molecule has 0 spiro atoms. The van der Waals surface area contributed by atoms with Crippen LogP contribution in [-0.2, 0) is 28.6 Å². The minimum Gasteiger partial charge on any atom is -0.481 e. The quantitative estimate of drug-likeness (QED) is 0.117. The number of phosphoric ester groups is 1. The zero-order valence-electron chi connectivity index (χ0n) is 16.0. The summed E-state index contributed by atoms with van der Waals surface area (Å²) in [5, 5.41) is 8.37. The molecule has 12 nitrogen and oxygen atoms in total. The highest BCUT2D eigenvalue weighted by molar-refractivity contribution is 7.85. The highest BCUT2D eigenvalue weighted by atomic mass is 32.2. The molecular formula is C22H72O12P2S. The molecule has 248 valence electrons. The van der Waals surface area contributed by atoms with Crippen LogP contribution in [0.1, 0.15) is 122 Å². The molecule has 15 heteroatoms. The molecule has 0 aliphatic carbocycles. The molecule has 0 saturated carbocycles. The number of phosphoric acid groups is 1. The molecule has 0 heterocycles. The van der Waals surface area contributed by atoms with E-state index in [0.29, 0.717) is 0 Å². The molecule has 0 unspecified atom stereocenters. The lowest BCUT2D eigenvalue weighted by atomic mass is 10.1. The zero-order chi connectivity index (χ0) is 22.9. The molecule has 0 aromatic carbocycles. The van der Waals surface area contributed by atoms with Gasteiger partial charge < -0.3 is 24.7 Å². The Morgan fingerprint density at radius 2 is 0.946 bits per heavy atom. The largest absolute Gasteiger partial charge is 0.481 e. The third-order valence-corrected chi connectivity index (χ3v) is 4.56. The summed E-state index contributed by atoms with van der Waals surface area (Å²) in [6, 6.07) is 0. The molecule has 0 bridgehead atoms. The van der Waals surface area contributed by atoms with E-state index < -0.39 is 31.5 Å². The lowest BCUT2D eigenvalue weighted by molar-refractivity contribution is -0.141. The van der Waals surface area contributed by atoms with E-state index in [1.54, 1.807) is 0 Å². The highest BCUT2D eigenvalue weighted by Crippen LogP contribution is 2.35. The average molecular weight is 623 g/mol. The first-order valence-corrected chi connectivity index (χ1v) is 12.8. The van der Waals surface area contributed by atoms with Crippen LogP contribution < -0.4 is 0 Å². The SMILES string of the molecule is C.C.C.C.C.C.C.C.C.C.CCC(CC)C(=O)O.CCOP(=O)(O)O.CCP(=O)(O)O.CCS(=O)(=O)O. The van der Waals surface area contributed by atoms with Gasteiger partial charge in [-0.2, -0.15) is 8.42 Å². The van der Waals surface area contributed by atoms with Crippen LogP contribution in [0.2, 0.25) is 0 Å². The summed E-state index contributed by atoms with van der Waals surface area (Å²) in [6.07, 6.45) is 1.42. The van der Waals surface area contributed by atoms with Crippen molar-refractivity contribution in [3.8, 4) is 0 Å². The molecule has 0 fully saturated rings. The third-order valence-electron chi connectivity index (χ3n) is 2.41. The maximum atomic E-state index is 10.2. The first-order chi connectivity index (χ1) is 11.9. The van der Waals surface area contributed by atoms with Crippen LogP contribution in [-0.4, -0.2) is 62.1 Å². The summed E-state index contributed by atoms with van der Waals surface area (Å²) in [7, 11) is -11.5. The first kappa shape index (κ1) is 90.8. The van der Waals surface area contributed by atoms with Crippen molar-refractivity contribution >= 4 is 31.5 Å². The average Bonchev–Trinajstić information content (AvgIpc) is 2.47. The Kier molecular flexibility index (Phi) is 119. The fraction of sp³-hybridized carbons (Fsp3) is 0.955. The lowest BCUT2D eigenvalue weighted by Gasteiger charge is -2.02. The highest BCUT2D eigenvalue weighted by Gasteiger charge is 2.10. The topological polar surface area (TPSA) is 216 Å². The second kappa shape index (κ2) is 48.7. The van der Waals surface area contributed by atoms with Crippen molar-refractivity contribution < 1.29 is 56.1 Å². The van der Waals surface area contributed by atoms with E-state index in [9.17, 15) is 22.3 Å². The predicted molar refractivity (Wildman–Crippen MR) is 167 cm³/mol. The van der Waals surface area contributed by atoms with Gasteiger partial charge in [-0.05, 0) is 26.7 Å². The van der Waals surface area contributed by atoms with Crippen LogP contribution >= 0.6 is 15.4 Å². The van der Waals surface area contributed by atoms with Crippen molar-refractivity contribution in [3.63, 3.8) is 0 Å². The van der Waals surface area contributed by atoms with Crippen LogP contribution in [0, 0.1) is 5.92 Å². The molecule has 0 rings (SSSR count). The van der Waals surface area contributed by atoms with Crippen molar-refractivity contribution in [2.75, 3.05) is 18.5 Å². The van der Waals surface area contributed by atoms with Crippen LogP contribution in [0.4, 0.5) is 0 Å². The second-order valence-corrected chi connectivity index (χ2v) is 9.55. The van der Waals surface area contributed by atoms with Gasteiger partial charge in [0.25, 0.3) is 10.1 Å². The number of carboxylic acids is 1. The van der Waals surface area contributed by atoms with E-state index in [1.165, 1.54) is 20.8 Å². The van der Waals surface area contributed by atoms with Gasteiger partial charge in [-0.1, -0.05) is 95.0 Å². The number of rotatable bonds is 7. The molecule has 0 aliphatic rings. The molecule has 0 aliphatic heterocycles. The van der Waals surface area contributed by atoms with Gasteiger partial charge in [0.2, 0.25) is 0 Å². The first-order valence-electron chi connectivity index (χ1n) is 7.83. The van der Waals surface area contributed by atoms with Gasteiger partial charge in [0, 0.05) is 6.16 Å². The molecule has 0 radical (unpaired) electrons. The van der Waals surface area contributed by atoms with Crippen LogP contribution in [0.15, 0.2) is 0 Å². The molecule has 0 aromatic heterocycles. The maximum absolute atomic E-state index is 10.2. The molecule has 0 aromatic rings. The summed E-state index contributed by atoms with van der Waals surface area (Å²) in [4.78, 5) is 41.8. The van der Waals surface area contributed by atoms with Crippen molar-refractivity contribution in [1.29, 1.82) is 0 Å². The number of aliphatic carboxylic acids is 1. The Balaban J connectivity index is -0.0000000146. The zero-order valence-corrected chi connectivity index (χ0v) is 18.7. The monoisotopic (exact) mass is 622 g/mol. The Bertz CT molecular complexity index is 556. The fourth-order valence-corrected chi connectivity index (χ4v) is 1.14. The van der Waals surface area contributed by atoms with E-state index >= 15 is 0 Å². The summed E-state index contributed by atoms with van der Waals surface area (Å²) in [6.45, 7) is 8.16. The van der Waals surface area contributed by atoms with Gasteiger partial charge in [-0.15, -0.1) is 0 Å². The Labute approximate surface area is 233 Å². The van der Waals surface area contributed by atoms with Crippen LogP contribution in [0.3, 0.4) is 0 Å². The van der Waals surface area contributed by atoms with E-state index in [1.807, 2.05) is 13.8 Å². The molecule has 6 N–H and O–H groups in total.